The fraction of sp³-hybridized carbons (Fsp3) is 0.300. The van der Waals surface area contributed by atoms with Crippen LogP contribution in [0.5, 0.6) is 0 Å². The van der Waals surface area contributed by atoms with E-state index in [-0.39, 0.29) is 12.5 Å². The molecule has 0 aliphatic rings. The van der Waals surface area contributed by atoms with Crippen molar-refractivity contribution in [1.29, 1.82) is 0 Å². The minimum Gasteiger partial charge on any atom is -0.370 e. The van der Waals surface area contributed by atoms with Crippen molar-refractivity contribution in [3.05, 3.63) is 26.8 Å². The number of halogens is 2. The number of carbonyl (C=O) groups is 1. The zero-order valence-electron chi connectivity index (χ0n) is 8.50. The molecule has 6 heteroatoms. The van der Waals surface area contributed by atoms with Crippen LogP contribution >= 0.6 is 34.2 Å². The molecule has 1 aromatic rings. The lowest BCUT2D eigenvalue weighted by Gasteiger charge is -2.07. The van der Waals surface area contributed by atoms with Crippen LogP contribution in [0.15, 0.2) is 18.2 Å². The maximum absolute atomic E-state index is 11.4. The fourth-order valence-electron chi connectivity index (χ4n) is 1.03. The van der Waals surface area contributed by atoms with Crippen molar-refractivity contribution in [3.8, 4) is 0 Å². The molecule has 0 unspecified atom stereocenters. The Kier molecular flexibility index (Phi) is 6.04. The number of anilines is 1. The molecule has 0 fully saturated rings. The van der Waals surface area contributed by atoms with Crippen LogP contribution in [0.25, 0.3) is 0 Å². The molecule has 88 valence electrons. The summed E-state index contributed by atoms with van der Waals surface area (Å²) in [5, 5.41) is 3.17. The minimum absolute atomic E-state index is 0.0144. The molecule has 0 saturated heterocycles. The minimum atomic E-state index is -0.239. The third kappa shape index (κ3) is 4.65. The van der Waals surface area contributed by atoms with E-state index in [1.807, 2.05) is 6.07 Å². The van der Waals surface area contributed by atoms with E-state index in [1.165, 1.54) is 0 Å². The lowest BCUT2D eigenvalue weighted by molar-refractivity contribution is -0.120. The summed E-state index contributed by atoms with van der Waals surface area (Å²) in [5.74, 6) is -0.239. The molecule has 16 heavy (non-hydrogen) atoms. The molecular formula is C10H12ClIN2O2. The van der Waals surface area contributed by atoms with E-state index >= 15 is 0 Å². The largest absolute Gasteiger partial charge is 0.370 e. The summed E-state index contributed by atoms with van der Waals surface area (Å²) in [6.45, 7) is 0.755. The predicted molar refractivity (Wildman–Crippen MR) is 72.7 cm³/mol. The molecule has 1 amide bonds. The van der Waals surface area contributed by atoms with Crippen LogP contribution in [0.3, 0.4) is 0 Å². The van der Waals surface area contributed by atoms with E-state index < -0.39 is 0 Å². The Morgan fingerprint density at radius 1 is 1.56 bits per heavy atom. The van der Waals surface area contributed by atoms with E-state index in [9.17, 15) is 4.79 Å². The van der Waals surface area contributed by atoms with Gasteiger partial charge in [0, 0.05) is 10.1 Å². The second-order valence-electron chi connectivity index (χ2n) is 3.01. The summed E-state index contributed by atoms with van der Waals surface area (Å²) in [5.41, 5.74) is 5.82. The van der Waals surface area contributed by atoms with Crippen molar-refractivity contribution in [2.45, 2.75) is 0 Å². The Hall–Kier alpha value is -0.370. The molecule has 0 aliphatic heterocycles. The van der Waals surface area contributed by atoms with Gasteiger partial charge in [-0.3, -0.25) is 4.79 Å². The van der Waals surface area contributed by atoms with Gasteiger partial charge in [0.25, 0.3) is 0 Å². The van der Waals surface area contributed by atoms with Crippen LogP contribution in [0, 0.1) is 3.57 Å². The summed E-state index contributed by atoms with van der Waals surface area (Å²) in [4.78, 5) is 11.4. The highest BCUT2D eigenvalue weighted by molar-refractivity contribution is 14.1. The summed E-state index contributed by atoms with van der Waals surface area (Å²) < 4.78 is 6.01. The Morgan fingerprint density at radius 3 is 2.94 bits per heavy atom. The van der Waals surface area contributed by atoms with E-state index in [0.29, 0.717) is 23.9 Å². The van der Waals surface area contributed by atoms with Crippen LogP contribution in [-0.4, -0.2) is 25.7 Å². The first-order valence-electron chi connectivity index (χ1n) is 4.66. The molecule has 0 aromatic heterocycles. The Labute approximate surface area is 113 Å². The van der Waals surface area contributed by atoms with Crippen LogP contribution < -0.4 is 11.1 Å². The van der Waals surface area contributed by atoms with Crippen molar-refractivity contribution >= 4 is 45.8 Å². The standard InChI is InChI=1S/C10H12ClIN2O2/c11-8-5-7(12)1-2-9(8)14-10(15)6-16-4-3-13/h1-2,5H,3-4,6,13H2,(H,14,15). The number of hydrogen-bond acceptors (Lipinski definition) is 3. The molecule has 0 heterocycles. The number of ether oxygens (including phenoxy) is 1. The SMILES string of the molecule is NCCOCC(=O)Nc1ccc(I)cc1Cl. The molecule has 0 spiro atoms. The van der Waals surface area contributed by atoms with Crippen molar-refractivity contribution in [3.63, 3.8) is 0 Å². The molecular weight excluding hydrogens is 342 g/mol. The maximum atomic E-state index is 11.4. The number of amides is 1. The second-order valence-corrected chi connectivity index (χ2v) is 4.67. The summed E-state index contributed by atoms with van der Waals surface area (Å²) in [6, 6.07) is 5.40. The van der Waals surface area contributed by atoms with Gasteiger partial charge in [0.1, 0.15) is 6.61 Å². The van der Waals surface area contributed by atoms with E-state index in [1.54, 1.807) is 12.1 Å². The lowest BCUT2D eigenvalue weighted by Crippen LogP contribution is -2.20. The maximum Gasteiger partial charge on any atom is 0.250 e. The molecule has 0 saturated carbocycles. The smallest absolute Gasteiger partial charge is 0.250 e. The highest BCUT2D eigenvalue weighted by Crippen LogP contribution is 2.23. The van der Waals surface area contributed by atoms with Gasteiger partial charge in [-0.2, -0.15) is 0 Å². The van der Waals surface area contributed by atoms with E-state index in [2.05, 4.69) is 27.9 Å². The van der Waals surface area contributed by atoms with Crippen LogP contribution in [-0.2, 0) is 9.53 Å². The summed E-state index contributed by atoms with van der Waals surface area (Å²) in [6.07, 6.45) is 0. The molecule has 1 rings (SSSR count). The van der Waals surface area contributed by atoms with E-state index in [0.717, 1.165) is 3.57 Å². The van der Waals surface area contributed by atoms with Gasteiger partial charge in [-0.1, -0.05) is 11.6 Å². The third-order valence-electron chi connectivity index (χ3n) is 1.70. The summed E-state index contributed by atoms with van der Waals surface area (Å²) in [7, 11) is 0. The lowest BCUT2D eigenvalue weighted by atomic mass is 10.3. The van der Waals surface area contributed by atoms with Crippen LogP contribution in [0.1, 0.15) is 0 Å². The molecule has 0 bridgehead atoms. The normalized spacial score (nSPS) is 10.2. The molecule has 4 nitrogen and oxygen atoms in total. The van der Waals surface area contributed by atoms with Gasteiger partial charge < -0.3 is 15.8 Å². The van der Waals surface area contributed by atoms with Crippen molar-refractivity contribution in [2.24, 2.45) is 5.73 Å². The zero-order valence-corrected chi connectivity index (χ0v) is 11.4. The number of benzene rings is 1. The first-order chi connectivity index (χ1) is 7.63. The molecule has 0 atom stereocenters. The van der Waals surface area contributed by atoms with Crippen molar-refractivity contribution < 1.29 is 9.53 Å². The Bertz CT molecular complexity index is 374. The predicted octanol–water partition coefficient (Wildman–Crippen LogP) is 1.86. The number of carbonyl (C=O) groups excluding carboxylic acids is 1. The topological polar surface area (TPSA) is 64.3 Å². The van der Waals surface area contributed by atoms with Gasteiger partial charge in [0.15, 0.2) is 0 Å². The number of nitrogens with two attached hydrogens (primary N) is 1. The van der Waals surface area contributed by atoms with Gasteiger partial charge in [0.05, 0.1) is 17.3 Å². The number of nitrogens with one attached hydrogen (secondary N) is 1. The van der Waals surface area contributed by atoms with Gasteiger partial charge in [-0.05, 0) is 40.8 Å². The number of hydrogen-bond donors (Lipinski definition) is 2. The number of rotatable bonds is 5. The van der Waals surface area contributed by atoms with Gasteiger partial charge >= 0.3 is 0 Å². The zero-order chi connectivity index (χ0) is 12.0. The monoisotopic (exact) mass is 354 g/mol. The third-order valence-corrected chi connectivity index (χ3v) is 2.68. The molecule has 0 radical (unpaired) electrons. The molecule has 3 N–H and O–H groups in total. The highest BCUT2D eigenvalue weighted by Gasteiger charge is 2.05. The first kappa shape index (κ1) is 13.7. The molecule has 1 aromatic carbocycles. The van der Waals surface area contributed by atoms with Crippen LogP contribution in [0.4, 0.5) is 5.69 Å². The van der Waals surface area contributed by atoms with Crippen molar-refractivity contribution in [1.82, 2.24) is 0 Å². The van der Waals surface area contributed by atoms with Crippen molar-refractivity contribution in [2.75, 3.05) is 25.1 Å². The average molecular weight is 355 g/mol. The van der Waals surface area contributed by atoms with Gasteiger partial charge in [-0.25, -0.2) is 0 Å². The Morgan fingerprint density at radius 2 is 2.31 bits per heavy atom. The second kappa shape index (κ2) is 7.05. The van der Waals surface area contributed by atoms with Gasteiger partial charge in [-0.15, -0.1) is 0 Å². The van der Waals surface area contributed by atoms with Crippen LogP contribution in [0.2, 0.25) is 5.02 Å². The Balaban J connectivity index is 2.49. The first-order valence-corrected chi connectivity index (χ1v) is 6.12. The van der Waals surface area contributed by atoms with Gasteiger partial charge in [0.2, 0.25) is 5.91 Å². The molecule has 0 aliphatic carbocycles. The fourth-order valence-corrected chi connectivity index (χ4v) is 1.93. The average Bonchev–Trinajstić information content (AvgIpc) is 2.23. The quantitative estimate of drug-likeness (QED) is 0.627. The van der Waals surface area contributed by atoms with E-state index in [4.69, 9.17) is 22.1 Å². The summed E-state index contributed by atoms with van der Waals surface area (Å²) >= 11 is 8.10. The highest BCUT2D eigenvalue weighted by atomic mass is 127.